The van der Waals surface area contributed by atoms with Crippen molar-refractivity contribution in [3.05, 3.63) is 16.1 Å². The Balaban J connectivity index is 0.00000450. The fourth-order valence-corrected chi connectivity index (χ4v) is 4.00. The predicted molar refractivity (Wildman–Crippen MR) is 135 cm³/mol. The standard InChI is InChI=1S/C21H37N5O2S.HI/c1-7-22-19(24-12-18-25-17(14-29-18)15(2)3)23-11-16-9-8-10-26(13-16)20(27)28-21(4,5)6;/h14-16H,7-13H2,1-6H3,(H2,22,23,24);1H. The Kier molecular flexibility index (Phi) is 11.4. The fourth-order valence-electron chi connectivity index (χ4n) is 3.12. The second-order valence-electron chi connectivity index (χ2n) is 8.83. The number of guanidine groups is 1. The Hall–Kier alpha value is -1.10. The number of aliphatic imine (C=N–C) groups is 1. The first-order valence-corrected chi connectivity index (χ1v) is 11.5. The number of thiazole rings is 1. The van der Waals surface area contributed by atoms with Gasteiger partial charge in [0.15, 0.2) is 5.96 Å². The summed E-state index contributed by atoms with van der Waals surface area (Å²) >= 11 is 1.66. The zero-order valence-corrected chi connectivity index (χ0v) is 22.3. The molecule has 1 aliphatic heterocycles. The van der Waals surface area contributed by atoms with E-state index in [1.807, 2.05) is 25.7 Å². The third kappa shape index (κ3) is 9.36. The highest BCUT2D eigenvalue weighted by molar-refractivity contribution is 14.0. The number of amides is 1. The highest BCUT2D eigenvalue weighted by Gasteiger charge is 2.27. The van der Waals surface area contributed by atoms with Crippen LogP contribution in [0.1, 0.15) is 71.0 Å². The maximum absolute atomic E-state index is 12.4. The van der Waals surface area contributed by atoms with Crippen LogP contribution >= 0.6 is 35.3 Å². The summed E-state index contributed by atoms with van der Waals surface area (Å²) in [5.74, 6) is 1.62. The van der Waals surface area contributed by atoms with E-state index >= 15 is 0 Å². The molecule has 9 heteroatoms. The van der Waals surface area contributed by atoms with Crippen molar-refractivity contribution in [3.8, 4) is 0 Å². The van der Waals surface area contributed by atoms with Gasteiger partial charge in [0.25, 0.3) is 0 Å². The third-order valence-corrected chi connectivity index (χ3v) is 5.46. The molecular formula is C21H38IN5O2S. The number of hydrogen-bond donors (Lipinski definition) is 2. The summed E-state index contributed by atoms with van der Waals surface area (Å²) in [6.45, 7) is 15.7. The van der Waals surface area contributed by atoms with Crippen molar-refractivity contribution in [1.29, 1.82) is 0 Å². The minimum atomic E-state index is -0.460. The number of nitrogens with zero attached hydrogens (tertiary/aromatic N) is 3. The molecule has 7 nitrogen and oxygen atoms in total. The van der Waals surface area contributed by atoms with Crippen LogP contribution in [0.4, 0.5) is 4.79 Å². The number of halogens is 1. The number of likely N-dealkylation sites (tertiary alicyclic amines) is 1. The van der Waals surface area contributed by atoms with Crippen LogP contribution in [-0.4, -0.2) is 53.7 Å². The van der Waals surface area contributed by atoms with Crippen LogP contribution in [-0.2, 0) is 11.3 Å². The second kappa shape index (κ2) is 12.7. The highest BCUT2D eigenvalue weighted by atomic mass is 127. The van der Waals surface area contributed by atoms with Gasteiger partial charge in [0, 0.05) is 31.6 Å². The molecule has 2 heterocycles. The maximum atomic E-state index is 12.4. The van der Waals surface area contributed by atoms with E-state index in [1.165, 1.54) is 0 Å². The molecule has 1 atom stereocenters. The van der Waals surface area contributed by atoms with Crippen molar-refractivity contribution in [2.24, 2.45) is 10.9 Å². The minimum absolute atomic E-state index is 0. The SMILES string of the molecule is CCNC(=NCc1nc(C(C)C)cs1)NCC1CCCN(C(=O)OC(C)(C)C)C1.I. The molecule has 30 heavy (non-hydrogen) atoms. The van der Waals surface area contributed by atoms with Gasteiger partial charge in [-0.25, -0.2) is 14.8 Å². The van der Waals surface area contributed by atoms with Crippen molar-refractivity contribution in [1.82, 2.24) is 20.5 Å². The summed E-state index contributed by atoms with van der Waals surface area (Å²) in [4.78, 5) is 23.5. The monoisotopic (exact) mass is 551 g/mol. The van der Waals surface area contributed by atoms with Gasteiger partial charge in [-0.05, 0) is 52.4 Å². The lowest BCUT2D eigenvalue weighted by atomic mass is 9.98. The van der Waals surface area contributed by atoms with Gasteiger partial charge in [-0.2, -0.15) is 0 Å². The summed E-state index contributed by atoms with van der Waals surface area (Å²) in [5, 5.41) is 9.87. The summed E-state index contributed by atoms with van der Waals surface area (Å²) in [6.07, 6.45) is 1.87. The van der Waals surface area contributed by atoms with E-state index in [1.54, 1.807) is 11.3 Å². The minimum Gasteiger partial charge on any atom is -0.444 e. The van der Waals surface area contributed by atoms with Gasteiger partial charge < -0.3 is 20.3 Å². The Morgan fingerprint density at radius 3 is 2.73 bits per heavy atom. The van der Waals surface area contributed by atoms with Gasteiger partial charge in [-0.3, -0.25) is 0 Å². The molecule has 1 saturated heterocycles. The van der Waals surface area contributed by atoms with E-state index in [0.29, 0.717) is 24.9 Å². The van der Waals surface area contributed by atoms with Gasteiger partial charge in [-0.1, -0.05) is 13.8 Å². The number of rotatable bonds is 6. The molecule has 1 aliphatic rings. The summed E-state index contributed by atoms with van der Waals surface area (Å²) in [5.41, 5.74) is 0.667. The van der Waals surface area contributed by atoms with Crippen LogP contribution in [0.15, 0.2) is 10.4 Å². The zero-order valence-electron chi connectivity index (χ0n) is 19.2. The first kappa shape index (κ1) is 26.9. The zero-order chi connectivity index (χ0) is 21.4. The van der Waals surface area contributed by atoms with Crippen LogP contribution < -0.4 is 10.6 Å². The largest absolute Gasteiger partial charge is 0.444 e. The molecule has 172 valence electrons. The molecule has 0 radical (unpaired) electrons. The van der Waals surface area contributed by atoms with Gasteiger partial charge >= 0.3 is 6.09 Å². The van der Waals surface area contributed by atoms with Crippen LogP contribution in [0.3, 0.4) is 0 Å². The lowest BCUT2D eigenvalue weighted by Crippen LogP contribution is -2.47. The van der Waals surface area contributed by atoms with E-state index in [4.69, 9.17) is 4.74 Å². The number of ether oxygens (including phenoxy) is 1. The molecule has 1 amide bonds. The number of aromatic nitrogens is 1. The molecule has 2 rings (SSSR count). The van der Waals surface area contributed by atoms with Crippen molar-refractivity contribution < 1.29 is 9.53 Å². The molecule has 0 bridgehead atoms. The first-order chi connectivity index (χ1) is 13.7. The first-order valence-electron chi connectivity index (χ1n) is 10.6. The van der Waals surface area contributed by atoms with E-state index in [9.17, 15) is 4.79 Å². The predicted octanol–water partition coefficient (Wildman–Crippen LogP) is 4.59. The van der Waals surface area contributed by atoms with E-state index in [2.05, 4.69) is 46.8 Å². The topological polar surface area (TPSA) is 78.9 Å². The number of nitrogens with one attached hydrogen (secondary N) is 2. The van der Waals surface area contributed by atoms with E-state index in [0.717, 1.165) is 49.1 Å². The van der Waals surface area contributed by atoms with Crippen molar-refractivity contribution in [3.63, 3.8) is 0 Å². The van der Waals surface area contributed by atoms with Crippen LogP contribution in [0.25, 0.3) is 0 Å². The maximum Gasteiger partial charge on any atom is 0.410 e. The fraction of sp³-hybridized carbons (Fsp3) is 0.762. The van der Waals surface area contributed by atoms with Crippen molar-refractivity contribution in [2.75, 3.05) is 26.2 Å². The average molecular weight is 552 g/mol. The molecule has 0 spiro atoms. The van der Waals surface area contributed by atoms with Crippen molar-refractivity contribution >= 4 is 47.4 Å². The molecule has 1 aromatic rings. The van der Waals surface area contributed by atoms with Crippen LogP contribution in [0.2, 0.25) is 0 Å². The van der Waals surface area contributed by atoms with Gasteiger partial charge in [0.2, 0.25) is 0 Å². The normalized spacial score (nSPS) is 17.5. The Bertz CT molecular complexity index is 687. The number of carbonyl (C=O) groups excluding carboxylic acids is 1. The Morgan fingerprint density at radius 1 is 1.40 bits per heavy atom. The Labute approximate surface area is 202 Å². The number of hydrogen-bond acceptors (Lipinski definition) is 5. The Morgan fingerprint density at radius 2 is 2.13 bits per heavy atom. The summed E-state index contributed by atoms with van der Waals surface area (Å²) < 4.78 is 5.52. The lowest BCUT2D eigenvalue weighted by Gasteiger charge is -2.34. The molecule has 0 aliphatic carbocycles. The number of piperidine rings is 1. The third-order valence-electron chi connectivity index (χ3n) is 4.61. The highest BCUT2D eigenvalue weighted by Crippen LogP contribution is 2.20. The van der Waals surface area contributed by atoms with Crippen molar-refractivity contribution in [2.45, 2.75) is 72.4 Å². The van der Waals surface area contributed by atoms with E-state index < -0.39 is 5.60 Å². The smallest absolute Gasteiger partial charge is 0.410 e. The van der Waals surface area contributed by atoms with Gasteiger partial charge in [0.05, 0.1) is 12.2 Å². The molecular weight excluding hydrogens is 513 g/mol. The van der Waals surface area contributed by atoms with Gasteiger partial charge in [-0.15, -0.1) is 35.3 Å². The molecule has 2 N–H and O–H groups in total. The van der Waals surface area contributed by atoms with Crippen LogP contribution in [0, 0.1) is 5.92 Å². The average Bonchev–Trinajstić information content (AvgIpc) is 3.12. The van der Waals surface area contributed by atoms with E-state index in [-0.39, 0.29) is 30.1 Å². The quantitative estimate of drug-likeness (QED) is 0.307. The summed E-state index contributed by atoms with van der Waals surface area (Å²) in [7, 11) is 0. The molecule has 1 aromatic heterocycles. The van der Waals surface area contributed by atoms with Crippen LogP contribution in [0.5, 0.6) is 0 Å². The number of carbonyl (C=O) groups is 1. The van der Waals surface area contributed by atoms with Gasteiger partial charge in [0.1, 0.15) is 10.6 Å². The lowest BCUT2D eigenvalue weighted by molar-refractivity contribution is 0.0168. The molecule has 1 unspecified atom stereocenters. The second-order valence-corrected chi connectivity index (χ2v) is 9.77. The molecule has 0 aromatic carbocycles. The molecule has 1 fully saturated rings. The summed E-state index contributed by atoms with van der Waals surface area (Å²) in [6, 6.07) is 0. The molecule has 0 saturated carbocycles.